The quantitative estimate of drug-likeness (QED) is 0.771. The van der Waals surface area contributed by atoms with Crippen LogP contribution >= 0.6 is 0 Å². The van der Waals surface area contributed by atoms with Gasteiger partial charge in [0.15, 0.2) is 0 Å². The molecule has 4 nitrogen and oxygen atoms in total. The third-order valence-electron chi connectivity index (χ3n) is 4.17. The zero-order chi connectivity index (χ0) is 12.1. The fourth-order valence-electron chi connectivity index (χ4n) is 2.73. The molecular weight excluding hydrogens is 214 g/mol. The molecule has 2 saturated heterocycles. The molecule has 4 heteroatoms. The maximum atomic E-state index is 5.35. The van der Waals surface area contributed by atoms with Crippen molar-refractivity contribution >= 4 is 0 Å². The van der Waals surface area contributed by atoms with E-state index in [0.717, 1.165) is 44.9 Å². The van der Waals surface area contributed by atoms with Gasteiger partial charge in [-0.05, 0) is 33.4 Å². The fourth-order valence-corrected chi connectivity index (χ4v) is 2.73. The van der Waals surface area contributed by atoms with Crippen molar-refractivity contribution in [2.75, 3.05) is 53.0 Å². The second-order valence-corrected chi connectivity index (χ2v) is 5.46. The molecule has 0 amide bonds. The predicted octanol–water partition coefficient (Wildman–Crippen LogP) is 0.391. The van der Waals surface area contributed by atoms with Crippen LogP contribution in [0, 0.1) is 0 Å². The standard InChI is InChI=1S/C13H27N3O/c1-12-11-13(3-5-15(12)2)14-4-6-16-7-9-17-10-8-16/h12-14H,3-11H2,1-2H3. The van der Waals surface area contributed by atoms with Gasteiger partial charge in [-0.1, -0.05) is 0 Å². The number of nitrogens with one attached hydrogen (secondary N) is 1. The first-order valence-electron chi connectivity index (χ1n) is 6.99. The number of hydrogen-bond donors (Lipinski definition) is 1. The first-order valence-corrected chi connectivity index (χ1v) is 6.99. The molecule has 0 aliphatic carbocycles. The highest BCUT2D eigenvalue weighted by atomic mass is 16.5. The van der Waals surface area contributed by atoms with E-state index in [1.807, 2.05) is 0 Å². The van der Waals surface area contributed by atoms with Gasteiger partial charge >= 0.3 is 0 Å². The van der Waals surface area contributed by atoms with Crippen LogP contribution in [0.3, 0.4) is 0 Å². The van der Waals surface area contributed by atoms with Crippen LogP contribution in [0.1, 0.15) is 19.8 Å². The number of nitrogens with zero attached hydrogens (tertiary/aromatic N) is 2. The second kappa shape index (κ2) is 6.69. The smallest absolute Gasteiger partial charge is 0.0594 e. The molecule has 0 bridgehead atoms. The summed E-state index contributed by atoms with van der Waals surface area (Å²) in [5.41, 5.74) is 0. The summed E-state index contributed by atoms with van der Waals surface area (Å²) >= 11 is 0. The van der Waals surface area contributed by atoms with E-state index in [1.54, 1.807) is 0 Å². The fraction of sp³-hybridized carbons (Fsp3) is 1.00. The van der Waals surface area contributed by atoms with Crippen LogP contribution in [-0.4, -0.2) is 74.9 Å². The highest BCUT2D eigenvalue weighted by Gasteiger charge is 2.22. The van der Waals surface area contributed by atoms with Gasteiger partial charge in [0.05, 0.1) is 13.2 Å². The SMILES string of the molecule is CC1CC(NCCN2CCOCC2)CCN1C. The molecule has 17 heavy (non-hydrogen) atoms. The minimum atomic E-state index is 0.724. The monoisotopic (exact) mass is 241 g/mol. The van der Waals surface area contributed by atoms with Crippen LogP contribution < -0.4 is 5.32 Å². The van der Waals surface area contributed by atoms with Gasteiger partial charge in [-0.25, -0.2) is 0 Å². The molecule has 0 aromatic heterocycles. The molecule has 0 spiro atoms. The van der Waals surface area contributed by atoms with Crippen molar-refractivity contribution in [3.8, 4) is 0 Å². The summed E-state index contributed by atoms with van der Waals surface area (Å²) in [6.07, 6.45) is 2.59. The molecule has 0 radical (unpaired) electrons. The Morgan fingerprint density at radius 1 is 1.24 bits per heavy atom. The van der Waals surface area contributed by atoms with Crippen molar-refractivity contribution in [2.45, 2.75) is 31.8 Å². The lowest BCUT2D eigenvalue weighted by atomic mass is 9.99. The summed E-state index contributed by atoms with van der Waals surface area (Å²) in [5, 5.41) is 3.71. The van der Waals surface area contributed by atoms with Gasteiger partial charge in [-0.15, -0.1) is 0 Å². The molecule has 0 saturated carbocycles. The second-order valence-electron chi connectivity index (χ2n) is 5.46. The Morgan fingerprint density at radius 3 is 2.71 bits per heavy atom. The summed E-state index contributed by atoms with van der Waals surface area (Å²) in [7, 11) is 2.23. The molecule has 2 atom stereocenters. The summed E-state index contributed by atoms with van der Waals surface area (Å²) in [6.45, 7) is 9.88. The van der Waals surface area contributed by atoms with E-state index >= 15 is 0 Å². The number of hydrogen-bond acceptors (Lipinski definition) is 4. The molecule has 2 fully saturated rings. The molecule has 0 aromatic rings. The van der Waals surface area contributed by atoms with Crippen molar-refractivity contribution in [3.63, 3.8) is 0 Å². The first kappa shape index (κ1) is 13.3. The molecule has 2 unspecified atom stereocenters. The molecule has 2 heterocycles. The zero-order valence-electron chi connectivity index (χ0n) is 11.3. The number of ether oxygens (including phenoxy) is 1. The number of piperidine rings is 1. The van der Waals surface area contributed by atoms with Crippen LogP contribution in [0.5, 0.6) is 0 Å². The van der Waals surface area contributed by atoms with Gasteiger partial charge in [0.2, 0.25) is 0 Å². The number of likely N-dealkylation sites (tertiary alicyclic amines) is 1. The van der Waals surface area contributed by atoms with Gasteiger partial charge < -0.3 is 15.0 Å². The Bertz CT molecular complexity index is 219. The van der Waals surface area contributed by atoms with Crippen molar-refractivity contribution in [3.05, 3.63) is 0 Å². The first-order chi connectivity index (χ1) is 8.25. The van der Waals surface area contributed by atoms with Crippen molar-refractivity contribution in [2.24, 2.45) is 0 Å². The summed E-state index contributed by atoms with van der Waals surface area (Å²) in [6, 6.07) is 1.45. The van der Waals surface area contributed by atoms with E-state index in [-0.39, 0.29) is 0 Å². The minimum absolute atomic E-state index is 0.724. The van der Waals surface area contributed by atoms with Crippen molar-refractivity contribution < 1.29 is 4.74 Å². The maximum Gasteiger partial charge on any atom is 0.0594 e. The van der Waals surface area contributed by atoms with Crippen molar-refractivity contribution in [1.29, 1.82) is 0 Å². The van der Waals surface area contributed by atoms with E-state index < -0.39 is 0 Å². The van der Waals surface area contributed by atoms with E-state index in [2.05, 4.69) is 29.1 Å². The van der Waals surface area contributed by atoms with Crippen LogP contribution in [0.15, 0.2) is 0 Å². The predicted molar refractivity (Wildman–Crippen MR) is 70.4 cm³/mol. The molecular formula is C13H27N3O. The zero-order valence-corrected chi connectivity index (χ0v) is 11.3. The summed E-state index contributed by atoms with van der Waals surface area (Å²) < 4.78 is 5.35. The third kappa shape index (κ3) is 4.21. The average molecular weight is 241 g/mol. The van der Waals surface area contributed by atoms with Crippen LogP contribution in [0.4, 0.5) is 0 Å². The summed E-state index contributed by atoms with van der Waals surface area (Å²) in [4.78, 5) is 4.95. The van der Waals surface area contributed by atoms with Gasteiger partial charge in [0.25, 0.3) is 0 Å². The van der Waals surface area contributed by atoms with E-state index in [9.17, 15) is 0 Å². The van der Waals surface area contributed by atoms with E-state index in [1.165, 1.54) is 25.9 Å². The van der Waals surface area contributed by atoms with E-state index in [4.69, 9.17) is 4.74 Å². The lowest BCUT2D eigenvalue weighted by Gasteiger charge is -2.36. The average Bonchev–Trinajstić information content (AvgIpc) is 2.35. The molecule has 100 valence electrons. The Morgan fingerprint density at radius 2 is 2.00 bits per heavy atom. The Hall–Kier alpha value is -0.160. The molecule has 1 N–H and O–H groups in total. The molecule has 0 aromatic carbocycles. The molecule has 2 aliphatic rings. The summed E-state index contributed by atoms with van der Waals surface area (Å²) in [5.74, 6) is 0. The Kier molecular flexibility index (Phi) is 5.22. The lowest BCUT2D eigenvalue weighted by Crippen LogP contribution is -2.48. The van der Waals surface area contributed by atoms with Gasteiger partial charge in [-0.2, -0.15) is 0 Å². The van der Waals surface area contributed by atoms with Crippen LogP contribution in [0.25, 0.3) is 0 Å². The topological polar surface area (TPSA) is 27.7 Å². The third-order valence-corrected chi connectivity index (χ3v) is 4.17. The molecule has 2 aliphatic heterocycles. The minimum Gasteiger partial charge on any atom is -0.379 e. The molecule has 2 rings (SSSR count). The van der Waals surface area contributed by atoms with Gasteiger partial charge in [-0.3, -0.25) is 4.90 Å². The lowest BCUT2D eigenvalue weighted by molar-refractivity contribution is 0.0376. The largest absolute Gasteiger partial charge is 0.379 e. The van der Waals surface area contributed by atoms with Gasteiger partial charge in [0, 0.05) is 38.3 Å². The Balaban J connectivity index is 1.58. The van der Waals surface area contributed by atoms with Crippen LogP contribution in [0.2, 0.25) is 0 Å². The number of morpholine rings is 1. The van der Waals surface area contributed by atoms with Gasteiger partial charge in [0.1, 0.15) is 0 Å². The highest BCUT2D eigenvalue weighted by Crippen LogP contribution is 2.14. The maximum absolute atomic E-state index is 5.35. The highest BCUT2D eigenvalue weighted by molar-refractivity contribution is 4.81. The van der Waals surface area contributed by atoms with Crippen molar-refractivity contribution in [1.82, 2.24) is 15.1 Å². The Labute approximate surface area is 105 Å². The normalized spacial score (nSPS) is 32.8. The number of rotatable bonds is 4. The van der Waals surface area contributed by atoms with Crippen LogP contribution in [-0.2, 0) is 4.74 Å². The van der Waals surface area contributed by atoms with E-state index in [0.29, 0.717) is 0 Å².